The van der Waals surface area contributed by atoms with Gasteiger partial charge in [-0.2, -0.15) is 0 Å². The highest BCUT2D eigenvalue weighted by molar-refractivity contribution is 6.04. The number of anilines is 2. The van der Waals surface area contributed by atoms with Gasteiger partial charge in [0.25, 0.3) is 0 Å². The average Bonchev–Trinajstić information content (AvgIpc) is 2.46. The molecular weight excluding hydrogens is 254 g/mol. The van der Waals surface area contributed by atoms with Gasteiger partial charge in [0.1, 0.15) is 6.54 Å². The van der Waals surface area contributed by atoms with Crippen LogP contribution >= 0.6 is 0 Å². The number of carbonyl (C=O) groups excluding carboxylic acids is 2. The van der Waals surface area contributed by atoms with Crippen LogP contribution in [0.4, 0.5) is 16.2 Å². The zero-order valence-corrected chi connectivity index (χ0v) is 10.8. The summed E-state index contributed by atoms with van der Waals surface area (Å²) in [5.74, 6) is -0.572. The Labute approximate surface area is 117 Å². The number of benzene rings is 2. The number of nitrogens with one attached hydrogen (secondary N) is 1. The van der Waals surface area contributed by atoms with Crippen LogP contribution in [-0.4, -0.2) is 18.5 Å². The number of urea groups is 1. The third-order valence-corrected chi connectivity index (χ3v) is 2.65. The summed E-state index contributed by atoms with van der Waals surface area (Å²) >= 11 is 0. The van der Waals surface area contributed by atoms with E-state index in [0.29, 0.717) is 11.4 Å². The summed E-state index contributed by atoms with van der Waals surface area (Å²) in [4.78, 5) is 24.7. The molecule has 0 bridgehead atoms. The number of nitrogens with two attached hydrogens (primary N) is 1. The van der Waals surface area contributed by atoms with Gasteiger partial charge in [0.2, 0.25) is 5.91 Å². The van der Waals surface area contributed by atoms with Gasteiger partial charge in [0.15, 0.2) is 0 Å². The van der Waals surface area contributed by atoms with E-state index in [-0.39, 0.29) is 6.54 Å². The molecule has 0 aliphatic carbocycles. The summed E-state index contributed by atoms with van der Waals surface area (Å²) in [5, 5.41) is 2.73. The third-order valence-electron chi connectivity index (χ3n) is 2.65. The van der Waals surface area contributed by atoms with Crippen molar-refractivity contribution in [1.29, 1.82) is 0 Å². The smallest absolute Gasteiger partial charge is 0.326 e. The van der Waals surface area contributed by atoms with Crippen molar-refractivity contribution in [2.75, 3.05) is 16.8 Å². The van der Waals surface area contributed by atoms with E-state index in [9.17, 15) is 9.59 Å². The molecule has 0 atom stereocenters. The van der Waals surface area contributed by atoms with Crippen molar-refractivity contribution in [2.24, 2.45) is 5.73 Å². The van der Waals surface area contributed by atoms with E-state index < -0.39 is 11.9 Å². The van der Waals surface area contributed by atoms with Crippen LogP contribution in [0.2, 0.25) is 0 Å². The summed E-state index contributed by atoms with van der Waals surface area (Å²) in [6.07, 6.45) is 0. The molecule has 3 N–H and O–H groups in total. The first kappa shape index (κ1) is 13.6. The van der Waals surface area contributed by atoms with Crippen molar-refractivity contribution in [3.05, 3.63) is 60.7 Å². The van der Waals surface area contributed by atoms with E-state index in [4.69, 9.17) is 5.73 Å². The highest BCUT2D eigenvalue weighted by atomic mass is 16.2. The van der Waals surface area contributed by atoms with E-state index >= 15 is 0 Å². The molecule has 20 heavy (non-hydrogen) atoms. The Morgan fingerprint density at radius 2 is 1.50 bits per heavy atom. The molecule has 0 aliphatic heterocycles. The van der Waals surface area contributed by atoms with Crippen LogP contribution in [0, 0.1) is 0 Å². The second-order valence-corrected chi connectivity index (χ2v) is 4.18. The van der Waals surface area contributed by atoms with Gasteiger partial charge in [-0.15, -0.1) is 0 Å². The number of amides is 3. The molecule has 0 aliphatic rings. The summed E-state index contributed by atoms with van der Waals surface area (Å²) in [5.41, 5.74) is 6.47. The molecule has 0 fully saturated rings. The number of hydrogen-bond acceptors (Lipinski definition) is 2. The van der Waals surface area contributed by atoms with Crippen LogP contribution in [0.3, 0.4) is 0 Å². The normalized spacial score (nSPS) is 9.80. The van der Waals surface area contributed by atoms with Gasteiger partial charge in [-0.05, 0) is 24.3 Å². The van der Waals surface area contributed by atoms with Crippen molar-refractivity contribution >= 4 is 23.3 Å². The maximum absolute atomic E-state index is 12.3. The molecule has 0 saturated carbocycles. The summed E-state index contributed by atoms with van der Waals surface area (Å²) in [7, 11) is 0. The molecular formula is C15H15N3O2. The molecule has 2 aromatic carbocycles. The Bertz CT molecular complexity index is 585. The molecule has 0 aromatic heterocycles. The number of para-hydroxylation sites is 2. The Kier molecular flexibility index (Phi) is 4.34. The predicted molar refractivity (Wildman–Crippen MR) is 78.4 cm³/mol. The highest BCUT2D eigenvalue weighted by Crippen LogP contribution is 2.15. The van der Waals surface area contributed by atoms with Crippen LogP contribution < -0.4 is 16.0 Å². The quantitative estimate of drug-likeness (QED) is 0.892. The van der Waals surface area contributed by atoms with Crippen molar-refractivity contribution < 1.29 is 9.59 Å². The van der Waals surface area contributed by atoms with Crippen molar-refractivity contribution in [3.63, 3.8) is 0 Å². The number of carbonyl (C=O) groups is 2. The molecule has 5 heteroatoms. The second kappa shape index (κ2) is 6.38. The first-order valence-corrected chi connectivity index (χ1v) is 6.14. The molecule has 3 amide bonds. The number of hydrogen-bond donors (Lipinski definition) is 2. The molecule has 0 radical (unpaired) electrons. The number of primary amides is 1. The fraction of sp³-hybridized carbons (Fsp3) is 0.0667. The van der Waals surface area contributed by atoms with Gasteiger partial charge in [0, 0.05) is 11.4 Å². The SMILES string of the molecule is NC(=O)CN(C(=O)Nc1ccccc1)c1ccccc1. The minimum Gasteiger partial charge on any atom is -0.368 e. The van der Waals surface area contributed by atoms with Gasteiger partial charge in [-0.25, -0.2) is 4.79 Å². The molecule has 0 unspecified atom stereocenters. The lowest BCUT2D eigenvalue weighted by atomic mass is 10.3. The second-order valence-electron chi connectivity index (χ2n) is 4.18. The Balaban J connectivity index is 2.18. The van der Waals surface area contributed by atoms with Crippen molar-refractivity contribution in [2.45, 2.75) is 0 Å². The molecule has 0 heterocycles. The lowest BCUT2D eigenvalue weighted by molar-refractivity contribution is -0.116. The van der Waals surface area contributed by atoms with E-state index in [1.54, 1.807) is 36.4 Å². The molecule has 102 valence electrons. The van der Waals surface area contributed by atoms with Crippen molar-refractivity contribution in [1.82, 2.24) is 0 Å². The van der Waals surface area contributed by atoms with E-state index in [1.807, 2.05) is 24.3 Å². The topological polar surface area (TPSA) is 75.4 Å². The monoisotopic (exact) mass is 269 g/mol. The molecule has 2 aromatic rings. The van der Waals surface area contributed by atoms with E-state index in [1.165, 1.54) is 4.90 Å². The van der Waals surface area contributed by atoms with E-state index in [0.717, 1.165) is 0 Å². The van der Waals surface area contributed by atoms with E-state index in [2.05, 4.69) is 5.32 Å². The van der Waals surface area contributed by atoms with Crippen LogP contribution in [0.25, 0.3) is 0 Å². The number of nitrogens with zero attached hydrogens (tertiary/aromatic N) is 1. The van der Waals surface area contributed by atoms with Gasteiger partial charge in [-0.1, -0.05) is 36.4 Å². The Morgan fingerprint density at radius 3 is 2.05 bits per heavy atom. The van der Waals surface area contributed by atoms with Crippen LogP contribution in [0.1, 0.15) is 0 Å². The lowest BCUT2D eigenvalue weighted by Crippen LogP contribution is -2.41. The summed E-state index contributed by atoms with van der Waals surface area (Å²) < 4.78 is 0. The Morgan fingerprint density at radius 1 is 0.950 bits per heavy atom. The van der Waals surface area contributed by atoms with Gasteiger partial charge < -0.3 is 11.1 Å². The van der Waals surface area contributed by atoms with Gasteiger partial charge >= 0.3 is 6.03 Å². The predicted octanol–water partition coefficient (Wildman–Crippen LogP) is 2.21. The van der Waals surface area contributed by atoms with Gasteiger partial charge in [0.05, 0.1) is 0 Å². The molecule has 5 nitrogen and oxygen atoms in total. The fourth-order valence-corrected chi connectivity index (χ4v) is 1.76. The van der Waals surface area contributed by atoms with Crippen LogP contribution in [0.15, 0.2) is 60.7 Å². The lowest BCUT2D eigenvalue weighted by Gasteiger charge is -2.21. The van der Waals surface area contributed by atoms with Crippen LogP contribution in [-0.2, 0) is 4.79 Å². The largest absolute Gasteiger partial charge is 0.368 e. The number of rotatable bonds is 4. The van der Waals surface area contributed by atoms with Crippen molar-refractivity contribution in [3.8, 4) is 0 Å². The minimum absolute atomic E-state index is 0.178. The maximum Gasteiger partial charge on any atom is 0.326 e. The van der Waals surface area contributed by atoms with Gasteiger partial charge in [-0.3, -0.25) is 9.69 Å². The highest BCUT2D eigenvalue weighted by Gasteiger charge is 2.17. The zero-order valence-electron chi connectivity index (χ0n) is 10.8. The van der Waals surface area contributed by atoms with Crippen LogP contribution in [0.5, 0.6) is 0 Å². The third kappa shape index (κ3) is 3.58. The first-order chi connectivity index (χ1) is 9.66. The fourth-order valence-electron chi connectivity index (χ4n) is 1.76. The first-order valence-electron chi connectivity index (χ1n) is 6.14. The average molecular weight is 269 g/mol. The summed E-state index contributed by atoms with van der Waals surface area (Å²) in [6, 6.07) is 17.5. The maximum atomic E-state index is 12.3. The zero-order chi connectivity index (χ0) is 14.4. The Hall–Kier alpha value is -2.82. The molecule has 0 spiro atoms. The standard InChI is InChI=1S/C15H15N3O2/c16-14(19)11-18(13-9-5-2-6-10-13)15(20)17-12-7-3-1-4-8-12/h1-10H,11H2,(H2,16,19)(H,17,20). The summed E-state index contributed by atoms with van der Waals surface area (Å²) in [6.45, 7) is -0.178. The minimum atomic E-state index is -0.572. The molecule has 0 saturated heterocycles. The molecule has 2 rings (SSSR count).